The first-order chi connectivity index (χ1) is 14.7. The van der Waals surface area contributed by atoms with Crippen LogP contribution in [0.5, 0.6) is 0 Å². The maximum Gasteiger partial charge on any atom is 0.307 e. The molecule has 1 aliphatic rings. The first-order valence-electron chi connectivity index (χ1n) is 10.4. The summed E-state index contributed by atoms with van der Waals surface area (Å²) in [5.74, 6) is -0.408. The minimum absolute atomic E-state index is 0.105. The highest BCUT2D eigenvalue weighted by Crippen LogP contribution is 2.14. The molecule has 0 N–H and O–H groups in total. The van der Waals surface area contributed by atoms with Crippen LogP contribution in [0.4, 0.5) is 0 Å². The molecule has 0 atom stereocenters. The standard InChI is InChI=1S/C23H29N3O4/c1-2-30-22(27)8-10-26(18-20-6-4-9-24-16-20)23(28)21-7-3-5-19(15-21)17-25-11-13-29-14-12-25/h3-7,9,15-16H,2,8,10-14,17-18H2,1H3. The van der Waals surface area contributed by atoms with Gasteiger partial charge in [-0.1, -0.05) is 18.2 Å². The van der Waals surface area contributed by atoms with E-state index in [0.717, 1.165) is 44.0 Å². The number of morpholine rings is 1. The van der Waals surface area contributed by atoms with Crippen LogP contribution in [0.25, 0.3) is 0 Å². The smallest absolute Gasteiger partial charge is 0.307 e. The fraction of sp³-hybridized carbons (Fsp3) is 0.435. The van der Waals surface area contributed by atoms with Gasteiger partial charge in [0, 0.05) is 50.7 Å². The van der Waals surface area contributed by atoms with E-state index in [1.165, 1.54) is 0 Å². The van der Waals surface area contributed by atoms with Gasteiger partial charge in [-0.15, -0.1) is 0 Å². The summed E-state index contributed by atoms with van der Waals surface area (Å²) in [7, 11) is 0. The number of nitrogens with zero attached hydrogens (tertiary/aromatic N) is 3. The summed E-state index contributed by atoms with van der Waals surface area (Å²) in [6.45, 7) is 6.84. The molecule has 1 amide bonds. The normalized spacial score (nSPS) is 14.3. The Labute approximate surface area is 177 Å². The minimum Gasteiger partial charge on any atom is -0.466 e. The lowest BCUT2D eigenvalue weighted by Gasteiger charge is -2.27. The van der Waals surface area contributed by atoms with Gasteiger partial charge in [-0.3, -0.25) is 19.5 Å². The number of ether oxygens (including phenoxy) is 2. The summed E-state index contributed by atoms with van der Waals surface area (Å²) < 4.78 is 10.4. The molecule has 1 fully saturated rings. The van der Waals surface area contributed by atoms with Gasteiger partial charge in [-0.05, 0) is 36.2 Å². The van der Waals surface area contributed by atoms with Crippen molar-refractivity contribution in [3.63, 3.8) is 0 Å². The molecule has 7 heteroatoms. The third-order valence-corrected chi connectivity index (χ3v) is 4.96. The first kappa shape index (κ1) is 21.9. The molecule has 30 heavy (non-hydrogen) atoms. The monoisotopic (exact) mass is 411 g/mol. The third-order valence-electron chi connectivity index (χ3n) is 4.96. The fourth-order valence-electron chi connectivity index (χ4n) is 3.43. The number of rotatable bonds is 9. The van der Waals surface area contributed by atoms with Crippen LogP contribution >= 0.6 is 0 Å². The largest absolute Gasteiger partial charge is 0.466 e. The predicted molar refractivity (Wildman–Crippen MR) is 113 cm³/mol. The highest BCUT2D eigenvalue weighted by atomic mass is 16.5. The highest BCUT2D eigenvalue weighted by molar-refractivity contribution is 5.94. The first-order valence-corrected chi connectivity index (χ1v) is 10.4. The molecule has 0 spiro atoms. The van der Waals surface area contributed by atoms with Crippen LogP contribution in [0.15, 0.2) is 48.8 Å². The van der Waals surface area contributed by atoms with Gasteiger partial charge in [-0.2, -0.15) is 0 Å². The lowest BCUT2D eigenvalue weighted by Crippen LogP contribution is -2.36. The van der Waals surface area contributed by atoms with Crippen molar-refractivity contribution in [1.82, 2.24) is 14.8 Å². The number of hydrogen-bond acceptors (Lipinski definition) is 6. The van der Waals surface area contributed by atoms with Crippen LogP contribution in [-0.2, 0) is 27.4 Å². The molecule has 3 rings (SSSR count). The van der Waals surface area contributed by atoms with Crippen LogP contribution in [0.2, 0.25) is 0 Å². The van der Waals surface area contributed by atoms with Gasteiger partial charge >= 0.3 is 5.97 Å². The van der Waals surface area contributed by atoms with Crippen LogP contribution < -0.4 is 0 Å². The van der Waals surface area contributed by atoms with Crippen molar-refractivity contribution in [2.24, 2.45) is 0 Å². The molecule has 0 radical (unpaired) electrons. The zero-order valence-corrected chi connectivity index (χ0v) is 17.5. The molecule has 7 nitrogen and oxygen atoms in total. The number of amides is 1. The minimum atomic E-state index is -0.303. The molecule has 1 saturated heterocycles. The zero-order chi connectivity index (χ0) is 21.2. The van der Waals surface area contributed by atoms with E-state index >= 15 is 0 Å². The molecule has 0 aliphatic carbocycles. The summed E-state index contributed by atoms with van der Waals surface area (Å²) in [6, 6.07) is 11.5. The number of pyridine rings is 1. The van der Waals surface area contributed by atoms with Crippen molar-refractivity contribution in [2.75, 3.05) is 39.5 Å². The van der Waals surface area contributed by atoms with Crippen molar-refractivity contribution in [3.8, 4) is 0 Å². The Morgan fingerprint density at radius 1 is 1.17 bits per heavy atom. The average molecular weight is 412 g/mol. The van der Waals surface area contributed by atoms with Crippen LogP contribution in [0.3, 0.4) is 0 Å². The third kappa shape index (κ3) is 6.64. The van der Waals surface area contributed by atoms with E-state index in [1.807, 2.05) is 36.4 Å². The Bertz CT molecular complexity index is 822. The van der Waals surface area contributed by atoms with Gasteiger partial charge in [0.15, 0.2) is 0 Å². The summed E-state index contributed by atoms with van der Waals surface area (Å²) >= 11 is 0. The van der Waals surface area contributed by atoms with Gasteiger partial charge in [0.2, 0.25) is 0 Å². The molecule has 0 saturated carbocycles. The fourth-order valence-corrected chi connectivity index (χ4v) is 3.43. The summed E-state index contributed by atoms with van der Waals surface area (Å²) in [6.07, 6.45) is 3.59. The van der Waals surface area contributed by atoms with E-state index in [4.69, 9.17) is 9.47 Å². The molecule has 0 bridgehead atoms. The van der Waals surface area contributed by atoms with E-state index in [2.05, 4.69) is 9.88 Å². The van der Waals surface area contributed by atoms with Gasteiger partial charge < -0.3 is 14.4 Å². The van der Waals surface area contributed by atoms with Crippen molar-refractivity contribution in [2.45, 2.75) is 26.4 Å². The molecule has 160 valence electrons. The molecule has 1 aromatic carbocycles. The van der Waals surface area contributed by atoms with Crippen LogP contribution in [0.1, 0.15) is 34.8 Å². The van der Waals surface area contributed by atoms with Crippen molar-refractivity contribution in [1.29, 1.82) is 0 Å². The van der Waals surface area contributed by atoms with Crippen molar-refractivity contribution in [3.05, 3.63) is 65.5 Å². The van der Waals surface area contributed by atoms with E-state index < -0.39 is 0 Å². The highest BCUT2D eigenvalue weighted by Gasteiger charge is 2.19. The SMILES string of the molecule is CCOC(=O)CCN(Cc1cccnc1)C(=O)c1cccc(CN2CCOCC2)c1. The van der Waals surface area contributed by atoms with E-state index in [-0.39, 0.29) is 18.3 Å². The van der Waals surface area contributed by atoms with Gasteiger partial charge in [0.25, 0.3) is 5.91 Å². The predicted octanol–water partition coefficient (Wildman–Crippen LogP) is 2.51. The zero-order valence-electron chi connectivity index (χ0n) is 17.5. The summed E-state index contributed by atoms with van der Waals surface area (Å²) in [5, 5.41) is 0. The number of hydrogen-bond donors (Lipinski definition) is 0. The number of carbonyl (C=O) groups is 2. The Morgan fingerprint density at radius 3 is 2.70 bits per heavy atom. The van der Waals surface area contributed by atoms with Crippen LogP contribution in [0, 0.1) is 0 Å². The van der Waals surface area contributed by atoms with Crippen molar-refractivity contribution < 1.29 is 19.1 Å². The van der Waals surface area contributed by atoms with E-state index in [9.17, 15) is 9.59 Å². The second-order valence-electron chi connectivity index (χ2n) is 7.23. The van der Waals surface area contributed by atoms with Crippen LogP contribution in [-0.4, -0.2) is 66.1 Å². The Hall–Kier alpha value is -2.77. The number of esters is 1. The Morgan fingerprint density at radius 2 is 1.97 bits per heavy atom. The number of carbonyl (C=O) groups excluding carboxylic acids is 2. The second-order valence-corrected chi connectivity index (χ2v) is 7.23. The summed E-state index contributed by atoms with van der Waals surface area (Å²) in [4.78, 5) is 33.3. The second kappa shape index (κ2) is 11.4. The lowest BCUT2D eigenvalue weighted by atomic mass is 10.1. The molecule has 1 aromatic heterocycles. The molecule has 2 aromatic rings. The maximum atomic E-state index is 13.3. The molecular formula is C23H29N3O4. The lowest BCUT2D eigenvalue weighted by molar-refractivity contribution is -0.143. The number of benzene rings is 1. The van der Waals surface area contributed by atoms with E-state index in [1.54, 1.807) is 24.2 Å². The number of aromatic nitrogens is 1. The van der Waals surface area contributed by atoms with Gasteiger partial charge in [-0.25, -0.2) is 0 Å². The molecule has 1 aliphatic heterocycles. The molecule has 2 heterocycles. The molecule has 0 unspecified atom stereocenters. The average Bonchev–Trinajstić information content (AvgIpc) is 2.78. The van der Waals surface area contributed by atoms with E-state index in [0.29, 0.717) is 25.3 Å². The quantitative estimate of drug-likeness (QED) is 0.591. The Kier molecular flexibility index (Phi) is 8.35. The Balaban J connectivity index is 1.72. The van der Waals surface area contributed by atoms with Gasteiger partial charge in [0.05, 0.1) is 26.2 Å². The summed E-state index contributed by atoms with van der Waals surface area (Å²) in [5.41, 5.74) is 2.63. The van der Waals surface area contributed by atoms with Crippen molar-refractivity contribution >= 4 is 11.9 Å². The molecular weight excluding hydrogens is 382 g/mol. The van der Waals surface area contributed by atoms with Gasteiger partial charge in [0.1, 0.15) is 0 Å². The maximum absolute atomic E-state index is 13.3. The topological polar surface area (TPSA) is 72.0 Å².